The van der Waals surface area contributed by atoms with Crippen LogP contribution in [-0.4, -0.2) is 49.2 Å². The molecular weight excluding hydrogens is 332 g/mol. The molecule has 1 unspecified atom stereocenters. The summed E-state index contributed by atoms with van der Waals surface area (Å²) < 4.78 is 7.73. The van der Waals surface area contributed by atoms with Crippen LogP contribution in [0.3, 0.4) is 0 Å². The van der Waals surface area contributed by atoms with Crippen LogP contribution < -0.4 is 5.56 Å². The van der Waals surface area contributed by atoms with Crippen LogP contribution in [0.25, 0.3) is 5.65 Å². The smallest absolute Gasteiger partial charge is 0.251 e. The molecule has 8 nitrogen and oxygen atoms in total. The molecule has 0 saturated carbocycles. The Morgan fingerprint density at radius 1 is 1.27 bits per heavy atom. The molecule has 1 fully saturated rings. The summed E-state index contributed by atoms with van der Waals surface area (Å²) in [5.41, 5.74) is 4.58. The number of aryl methyl sites for hydroxylation is 3. The summed E-state index contributed by atoms with van der Waals surface area (Å²) in [6, 6.07) is 3.54. The molecule has 0 radical (unpaired) electrons. The zero-order chi connectivity index (χ0) is 18.3. The number of hydrogen-bond acceptors (Lipinski definition) is 6. The molecule has 26 heavy (non-hydrogen) atoms. The van der Waals surface area contributed by atoms with Crippen molar-refractivity contribution in [2.75, 3.05) is 19.7 Å². The van der Waals surface area contributed by atoms with Crippen LogP contribution in [0.4, 0.5) is 0 Å². The first-order chi connectivity index (χ1) is 12.5. The first-order valence-corrected chi connectivity index (χ1v) is 8.72. The molecule has 136 valence electrons. The van der Waals surface area contributed by atoms with Gasteiger partial charge in [-0.15, -0.1) is 0 Å². The lowest BCUT2D eigenvalue weighted by molar-refractivity contribution is -0.0350. The second-order valence-corrected chi connectivity index (χ2v) is 6.79. The molecule has 1 saturated heterocycles. The summed E-state index contributed by atoms with van der Waals surface area (Å²) in [5, 5.41) is 4.46. The van der Waals surface area contributed by atoms with Gasteiger partial charge in [0.25, 0.3) is 5.56 Å². The Bertz CT molecular complexity index is 1010. The van der Waals surface area contributed by atoms with Gasteiger partial charge < -0.3 is 9.72 Å². The van der Waals surface area contributed by atoms with Gasteiger partial charge in [-0.05, 0) is 26.8 Å². The highest BCUT2D eigenvalue weighted by Gasteiger charge is 2.24. The Hall–Kier alpha value is -2.58. The minimum atomic E-state index is -0.206. The standard InChI is InChI=1S/C18H22N6O2/c1-11-6-12(2)24-18(20-11)14(8-19-24)9-23-4-5-26-16(10-23)15-7-17(25)22-13(3)21-15/h6-8,16H,4-5,9-10H2,1-3H3,(H,21,22,25). The Balaban J connectivity index is 1.56. The Morgan fingerprint density at radius 2 is 2.12 bits per heavy atom. The van der Waals surface area contributed by atoms with Crippen molar-refractivity contribution in [3.63, 3.8) is 0 Å². The fourth-order valence-corrected chi connectivity index (χ4v) is 3.46. The fourth-order valence-electron chi connectivity index (χ4n) is 3.46. The van der Waals surface area contributed by atoms with E-state index in [9.17, 15) is 4.79 Å². The molecule has 1 aliphatic rings. The average Bonchev–Trinajstić information content (AvgIpc) is 2.97. The number of nitrogens with zero attached hydrogens (tertiary/aromatic N) is 5. The van der Waals surface area contributed by atoms with E-state index in [1.54, 1.807) is 6.92 Å². The molecule has 1 aliphatic heterocycles. The van der Waals surface area contributed by atoms with E-state index >= 15 is 0 Å². The highest BCUT2D eigenvalue weighted by molar-refractivity contribution is 5.47. The molecular formula is C18H22N6O2. The van der Waals surface area contributed by atoms with Crippen molar-refractivity contribution < 1.29 is 4.74 Å². The third-order valence-corrected chi connectivity index (χ3v) is 4.61. The molecule has 4 heterocycles. The van der Waals surface area contributed by atoms with Crippen LogP contribution in [0.15, 0.2) is 23.1 Å². The second-order valence-electron chi connectivity index (χ2n) is 6.79. The molecule has 3 aromatic heterocycles. The van der Waals surface area contributed by atoms with E-state index in [1.165, 1.54) is 6.07 Å². The van der Waals surface area contributed by atoms with Crippen molar-refractivity contribution >= 4 is 5.65 Å². The van der Waals surface area contributed by atoms with E-state index < -0.39 is 0 Å². The molecule has 0 aliphatic carbocycles. The lowest BCUT2D eigenvalue weighted by Gasteiger charge is -2.32. The van der Waals surface area contributed by atoms with E-state index in [2.05, 4.69) is 25.0 Å². The largest absolute Gasteiger partial charge is 0.369 e. The maximum Gasteiger partial charge on any atom is 0.251 e. The van der Waals surface area contributed by atoms with Crippen molar-refractivity contribution in [3.05, 3.63) is 57.2 Å². The van der Waals surface area contributed by atoms with Gasteiger partial charge in [0.1, 0.15) is 11.9 Å². The third-order valence-electron chi connectivity index (χ3n) is 4.61. The predicted molar refractivity (Wildman–Crippen MR) is 96.0 cm³/mol. The third kappa shape index (κ3) is 3.25. The number of nitrogens with one attached hydrogen (secondary N) is 1. The van der Waals surface area contributed by atoms with Gasteiger partial charge >= 0.3 is 0 Å². The van der Waals surface area contributed by atoms with Gasteiger partial charge in [0.05, 0.1) is 18.5 Å². The topological polar surface area (TPSA) is 88.4 Å². The van der Waals surface area contributed by atoms with Crippen molar-refractivity contribution in [3.8, 4) is 0 Å². The summed E-state index contributed by atoms with van der Waals surface area (Å²) in [6.45, 7) is 8.64. The number of aromatic amines is 1. The highest BCUT2D eigenvalue weighted by Crippen LogP contribution is 2.22. The number of hydrogen-bond donors (Lipinski definition) is 1. The summed E-state index contributed by atoms with van der Waals surface area (Å²) in [6.07, 6.45) is 1.68. The first-order valence-electron chi connectivity index (χ1n) is 8.72. The Morgan fingerprint density at radius 3 is 2.92 bits per heavy atom. The zero-order valence-corrected chi connectivity index (χ0v) is 15.2. The van der Waals surface area contributed by atoms with Crippen molar-refractivity contribution in [1.82, 2.24) is 29.5 Å². The molecule has 1 atom stereocenters. The summed E-state index contributed by atoms with van der Waals surface area (Å²) >= 11 is 0. The van der Waals surface area contributed by atoms with Crippen molar-refractivity contribution in [2.45, 2.75) is 33.4 Å². The lowest BCUT2D eigenvalue weighted by atomic mass is 10.2. The monoisotopic (exact) mass is 354 g/mol. The van der Waals surface area contributed by atoms with Crippen LogP contribution in [0, 0.1) is 20.8 Å². The van der Waals surface area contributed by atoms with Crippen LogP contribution in [0.1, 0.15) is 34.6 Å². The van der Waals surface area contributed by atoms with Crippen molar-refractivity contribution in [2.24, 2.45) is 0 Å². The normalized spacial score (nSPS) is 18.5. The molecule has 1 N–H and O–H groups in total. The van der Waals surface area contributed by atoms with Gasteiger partial charge in [0, 0.05) is 42.7 Å². The molecule has 8 heteroatoms. The van der Waals surface area contributed by atoms with E-state index in [0.29, 0.717) is 24.7 Å². The minimum absolute atomic E-state index is 0.147. The number of ether oxygens (including phenoxy) is 1. The molecule has 0 amide bonds. The van der Waals surface area contributed by atoms with Gasteiger partial charge in [0.15, 0.2) is 5.65 Å². The highest BCUT2D eigenvalue weighted by atomic mass is 16.5. The lowest BCUT2D eigenvalue weighted by Crippen LogP contribution is -2.38. The van der Waals surface area contributed by atoms with Crippen LogP contribution in [0.5, 0.6) is 0 Å². The van der Waals surface area contributed by atoms with Gasteiger partial charge in [-0.1, -0.05) is 0 Å². The quantitative estimate of drug-likeness (QED) is 0.763. The zero-order valence-electron chi connectivity index (χ0n) is 15.2. The van der Waals surface area contributed by atoms with Gasteiger partial charge in [-0.2, -0.15) is 5.10 Å². The molecule has 4 rings (SSSR count). The predicted octanol–water partition coefficient (Wildman–Crippen LogP) is 1.31. The van der Waals surface area contributed by atoms with Crippen LogP contribution in [0.2, 0.25) is 0 Å². The van der Waals surface area contributed by atoms with Gasteiger partial charge in [0.2, 0.25) is 0 Å². The van der Waals surface area contributed by atoms with E-state index in [4.69, 9.17) is 4.74 Å². The number of aromatic nitrogens is 5. The Kier molecular flexibility index (Phi) is 4.29. The van der Waals surface area contributed by atoms with E-state index in [-0.39, 0.29) is 11.7 Å². The number of fused-ring (bicyclic) bond motifs is 1. The van der Waals surface area contributed by atoms with E-state index in [1.807, 2.05) is 30.6 Å². The number of H-pyrrole nitrogens is 1. The Labute approximate surface area is 150 Å². The van der Waals surface area contributed by atoms with Gasteiger partial charge in [-0.3, -0.25) is 9.69 Å². The summed E-state index contributed by atoms with van der Waals surface area (Å²) in [5.74, 6) is 0.603. The maximum absolute atomic E-state index is 11.7. The van der Waals surface area contributed by atoms with Crippen molar-refractivity contribution in [1.29, 1.82) is 0 Å². The number of rotatable bonds is 3. The van der Waals surface area contributed by atoms with Crippen LogP contribution in [-0.2, 0) is 11.3 Å². The molecule has 0 aromatic carbocycles. The fraction of sp³-hybridized carbons (Fsp3) is 0.444. The minimum Gasteiger partial charge on any atom is -0.369 e. The van der Waals surface area contributed by atoms with Gasteiger partial charge in [-0.25, -0.2) is 14.5 Å². The average molecular weight is 354 g/mol. The number of morpholine rings is 1. The maximum atomic E-state index is 11.7. The molecule has 0 bridgehead atoms. The van der Waals surface area contributed by atoms with E-state index in [0.717, 1.165) is 35.7 Å². The van der Waals surface area contributed by atoms with Crippen LogP contribution >= 0.6 is 0 Å². The summed E-state index contributed by atoms with van der Waals surface area (Å²) in [4.78, 5) is 25.8. The first kappa shape index (κ1) is 16.9. The molecule has 0 spiro atoms. The summed E-state index contributed by atoms with van der Waals surface area (Å²) in [7, 11) is 0. The second kappa shape index (κ2) is 6.62. The molecule has 3 aromatic rings. The SMILES string of the molecule is Cc1cc(C)n2ncc(CN3CCOC(c4cc(=O)[nH]c(C)n4)C3)c2n1.